The van der Waals surface area contributed by atoms with Crippen molar-refractivity contribution in [2.24, 2.45) is 5.41 Å². The average Bonchev–Trinajstić information content (AvgIpc) is 3.51. The monoisotopic (exact) mass is 370 g/mol. The van der Waals surface area contributed by atoms with Crippen molar-refractivity contribution in [3.8, 4) is 0 Å². The number of likely N-dealkylation sites (tertiary alicyclic amines) is 2. The molecule has 1 atom stereocenters. The summed E-state index contributed by atoms with van der Waals surface area (Å²) in [6, 6.07) is 10.2. The Labute approximate surface area is 161 Å². The summed E-state index contributed by atoms with van der Waals surface area (Å²) in [6.07, 6.45) is 6.06. The Morgan fingerprint density at radius 2 is 1.85 bits per heavy atom. The molecule has 4 rings (SSSR count). The van der Waals surface area contributed by atoms with Crippen LogP contribution in [0.1, 0.15) is 50.5 Å². The van der Waals surface area contributed by atoms with Crippen molar-refractivity contribution in [1.29, 1.82) is 0 Å². The van der Waals surface area contributed by atoms with Crippen molar-refractivity contribution in [2.45, 2.75) is 50.4 Å². The van der Waals surface area contributed by atoms with Crippen LogP contribution in [0.3, 0.4) is 0 Å². The van der Waals surface area contributed by atoms with Crippen LogP contribution in [0.5, 0.6) is 0 Å². The van der Waals surface area contributed by atoms with Crippen molar-refractivity contribution >= 4 is 11.8 Å². The highest BCUT2D eigenvalue weighted by atomic mass is 16.3. The highest BCUT2D eigenvalue weighted by molar-refractivity contribution is 5.91. The number of aliphatic hydroxyl groups excluding tert-OH is 1. The van der Waals surface area contributed by atoms with E-state index in [2.05, 4.69) is 17.0 Å². The van der Waals surface area contributed by atoms with Crippen LogP contribution in [0.2, 0.25) is 0 Å². The summed E-state index contributed by atoms with van der Waals surface area (Å²) in [5.41, 5.74) is 0.878. The molecule has 1 saturated carbocycles. The first-order valence-corrected chi connectivity index (χ1v) is 10.3. The Balaban J connectivity index is 1.48. The van der Waals surface area contributed by atoms with Crippen LogP contribution in [0, 0.1) is 5.41 Å². The zero-order chi connectivity index (χ0) is 18.9. The molecule has 1 aromatic carbocycles. The minimum atomic E-state index is -0.305. The van der Waals surface area contributed by atoms with Gasteiger partial charge in [-0.3, -0.25) is 9.59 Å². The fourth-order valence-electron chi connectivity index (χ4n) is 5.09. The molecular formula is C22H30N2O3. The molecule has 1 aliphatic carbocycles. The second kappa shape index (κ2) is 7.27. The zero-order valence-electron chi connectivity index (χ0n) is 16.0. The van der Waals surface area contributed by atoms with Crippen LogP contribution >= 0.6 is 0 Å². The second-order valence-corrected chi connectivity index (χ2v) is 8.67. The van der Waals surface area contributed by atoms with Gasteiger partial charge in [0.1, 0.15) is 0 Å². The van der Waals surface area contributed by atoms with Crippen LogP contribution in [-0.2, 0) is 15.0 Å². The first-order valence-electron chi connectivity index (χ1n) is 10.3. The number of hydrogen-bond acceptors (Lipinski definition) is 3. The van der Waals surface area contributed by atoms with E-state index in [4.69, 9.17) is 5.11 Å². The Kier molecular flexibility index (Phi) is 4.97. The van der Waals surface area contributed by atoms with Crippen LogP contribution in [-0.4, -0.2) is 59.5 Å². The number of aliphatic hydroxyl groups is 1. The minimum Gasteiger partial charge on any atom is -0.396 e. The topological polar surface area (TPSA) is 60.9 Å². The van der Waals surface area contributed by atoms with Gasteiger partial charge in [0.2, 0.25) is 11.8 Å². The fourth-order valence-corrected chi connectivity index (χ4v) is 5.09. The van der Waals surface area contributed by atoms with E-state index < -0.39 is 0 Å². The summed E-state index contributed by atoms with van der Waals surface area (Å²) in [7, 11) is 0. The SMILES string of the molecule is O=C1CC[C@@]2(CCCN(C(=O)C3(c4ccccc4)CC3)C2)CN1CCCO. The van der Waals surface area contributed by atoms with Crippen molar-refractivity contribution in [3.63, 3.8) is 0 Å². The van der Waals surface area contributed by atoms with Gasteiger partial charge in [-0.15, -0.1) is 0 Å². The number of rotatable bonds is 5. The number of nitrogens with zero attached hydrogens (tertiary/aromatic N) is 2. The maximum atomic E-state index is 13.4. The molecule has 5 nitrogen and oxygen atoms in total. The Morgan fingerprint density at radius 3 is 2.56 bits per heavy atom. The molecule has 1 N–H and O–H groups in total. The molecule has 2 heterocycles. The normalized spacial score (nSPS) is 27.1. The third kappa shape index (κ3) is 3.49. The molecule has 3 fully saturated rings. The van der Waals surface area contributed by atoms with E-state index in [1.165, 1.54) is 0 Å². The van der Waals surface area contributed by atoms with E-state index in [-0.39, 0.29) is 29.3 Å². The molecule has 2 saturated heterocycles. The molecule has 5 heteroatoms. The van der Waals surface area contributed by atoms with Gasteiger partial charge in [0.05, 0.1) is 5.41 Å². The van der Waals surface area contributed by atoms with Crippen LogP contribution < -0.4 is 0 Å². The van der Waals surface area contributed by atoms with Crippen LogP contribution in [0.15, 0.2) is 30.3 Å². The van der Waals surface area contributed by atoms with E-state index in [0.717, 1.165) is 57.3 Å². The van der Waals surface area contributed by atoms with Crippen molar-refractivity contribution in [1.82, 2.24) is 9.80 Å². The lowest BCUT2D eigenvalue weighted by atomic mass is 9.73. The molecule has 0 radical (unpaired) electrons. The number of piperidine rings is 2. The molecule has 1 spiro atoms. The van der Waals surface area contributed by atoms with E-state index >= 15 is 0 Å². The molecule has 0 bridgehead atoms. The summed E-state index contributed by atoms with van der Waals surface area (Å²) in [6.45, 7) is 3.07. The van der Waals surface area contributed by atoms with Gasteiger partial charge in [0.15, 0.2) is 0 Å². The maximum Gasteiger partial charge on any atom is 0.233 e. The number of carbonyl (C=O) groups is 2. The lowest BCUT2D eigenvalue weighted by molar-refractivity contribution is -0.144. The van der Waals surface area contributed by atoms with Gasteiger partial charge in [-0.1, -0.05) is 30.3 Å². The van der Waals surface area contributed by atoms with E-state index in [9.17, 15) is 9.59 Å². The molecule has 0 unspecified atom stereocenters. The first-order chi connectivity index (χ1) is 13.1. The van der Waals surface area contributed by atoms with Crippen molar-refractivity contribution < 1.29 is 14.7 Å². The van der Waals surface area contributed by atoms with E-state index in [0.29, 0.717) is 19.4 Å². The highest BCUT2D eigenvalue weighted by Gasteiger charge is 2.54. The Hall–Kier alpha value is -1.88. The molecule has 3 aliphatic rings. The summed E-state index contributed by atoms with van der Waals surface area (Å²) < 4.78 is 0. The minimum absolute atomic E-state index is 0.0318. The van der Waals surface area contributed by atoms with Gasteiger partial charge in [-0.05, 0) is 44.1 Å². The lowest BCUT2D eigenvalue weighted by Crippen LogP contribution is -2.56. The standard InChI is InChI=1S/C22H30N2O3/c25-15-5-14-23-16-21(10-8-19(23)26)9-4-13-24(17-21)20(27)22(11-12-22)18-6-2-1-3-7-18/h1-3,6-7,25H,4-5,8-17H2/t21-/m0/s1. The van der Waals surface area contributed by atoms with Crippen LogP contribution in [0.25, 0.3) is 0 Å². The molecule has 1 aromatic rings. The smallest absolute Gasteiger partial charge is 0.233 e. The predicted molar refractivity (Wildman–Crippen MR) is 103 cm³/mol. The molecule has 27 heavy (non-hydrogen) atoms. The van der Waals surface area contributed by atoms with Crippen LogP contribution in [0.4, 0.5) is 0 Å². The van der Waals surface area contributed by atoms with E-state index in [1.807, 2.05) is 23.1 Å². The first kappa shape index (κ1) is 18.5. The van der Waals surface area contributed by atoms with Gasteiger partial charge in [-0.2, -0.15) is 0 Å². The summed E-state index contributed by atoms with van der Waals surface area (Å²) in [4.78, 5) is 29.7. The summed E-state index contributed by atoms with van der Waals surface area (Å²) in [5.74, 6) is 0.479. The van der Waals surface area contributed by atoms with Gasteiger partial charge >= 0.3 is 0 Å². The Bertz CT molecular complexity index is 701. The molecule has 0 aromatic heterocycles. The van der Waals surface area contributed by atoms with E-state index in [1.54, 1.807) is 0 Å². The number of hydrogen-bond donors (Lipinski definition) is 1. The maximum absolute atomic E-state index is 13.4. The quantitative estimate of drug-likeness (QED) is 0.865. The fraction of sp³-hybridized carbons (Fsp3) is 0.636. The van der Waals surface area contributed by atoms with Crippen molar-refractivity contribution in [3.05, 3.63) is 35.9 Å². The number of amides is 2. The molecule has 2 amide bonds. The Morgan fingerprint density at radius 1 is 1.07 bits per heavy atom. The van der Waals surface area contributed by atoms with Gasteiger partial charge < -0.3 is 14.9 Å². The lowest BCUT2D eigenvalue weighted by Gasteiger charge is -2.49. The summed E-state index contributed by atoms with van der Waals surface area (Å²) >= 11 is 0. The highest BCUT2D eigenvalue weighted by Crippen LogP contribution is 2.51. The molecular weight excluding hydrogens is 340 g/mol. The number of benzene rings is 1. The third-order valence-electron chi connectivity index (χ3n) is 6.77. The predicted octanol–water partition coefficient (Wildman–Crippen LogP) is 2.33. The van der Waals surface area contributed by atoms with Gasteiger partial charge in [0, 0.05) is 44.6 Å². The third-order valence-corrected chi connectivity index (χ3v) is 6.77. The van der Waals surface area contributed by atoms with Crippen molar-refractivity contribution in [2.75, 3.05) is 32.8 Å². The largest absolute Gasteiger partial charge is 0.396 e. The second-order valence-electron chi connectivity index (χ2n) is 8.67. The van der Waals surface area contributed by atoms with Gasteiger partial charge in [-0.25, -0.2) is 0 Å². The van der Waals surface area contributed by atoms with Gasteiger partial charge in [0.25, 0.3) is 0 Å². The molecule has 2 aliphatic heterocycles. The average molecular weight is 370 g/mol. The summed E-state index contributed by atoms with van der Waals surface area (Å²) in [5, 5.41) is 9.11. The number of carbonyl (C=O) groups excluding carboxylic acids is 2. The zero-order valence-corrected chi connectivity index (χ0v) is 16.0. The molecule has 146 valence electrons.